The van der Waals surface area contributed by atoms with Gasteiger partial charge >= 0.3 is 0 Å². The number of halogens is 1. The molecule has 0 aliphatic carbocycles. The van der Waals surface area contributed by atoms with Gasteiger partial charge in [0.25, 0.3) is 0 Å². The first-order valence-corrected chi connectivity index (χ1v) is 5.23. The summed E-state index contributed by atoms with van der Waals surface area (Å²) >= 11 is 0. The van der Waals surface area contributed by atoms with Gasteiger partial charge < -0.3 is 9.84 Å². The van der Waals surface area contributed by atoms with Crippen molar-refractivity contribution in [3.8, 4) is 28.7 Å². The lowest BCUT2D eigenvalue weighted by molar-refractivity contribution is 0.373. The van der Waals surface area contributed by atoms with Gasteiger partial charge in [0, 0.05) is 5.56 Å². The van der Waals surface area contributed by atoms with E-state index in [0.29, 0.717) is 11.1 Å². The molecule has 90 valence electrons. The maximum atomic E-state index is 14.0. The smallest absolute Gasteiger partial charge is 0.161 e. The minimum absolute atomic E-state index is 0.0143. The highest BCUT2D eigenvalue weighted by atomic mass is 19.1. The van der Waals surface area contributed by atoms with E-state index in [1.165, 1.54) is 25.3 Å². The highest BCUT2D eigenvalue weighted by molar-refractivity contribution is 5.69. The molecular weight excluding hydrogens is 233 g/mol. The molecule has 4 heteroatoms. The maximum absolute atomic E-state index is 14.0. The fourth-order valence-corrected chi connectivity index (χ4v) is 1.69. The highest BCUT2D eigenvalue weighted by Crippen LogP contribution is 2.33. The van der Waals surface area contributed by atoms with Gasteiger partial charge in [-0.3, -0.25) is 0 Å². The van der Waals surface area contributed by atoms with E-state index in [9.17, 15) is 9.50 Å². The average molecular weight is 243 g/mol. The van der Waals surface area contributed by atoms with Crippen molar-refractivity contribution in [3.05, 3.63) is 47.8 Å². The number of nitriles is 1. The lowest BCUT2D eigenvalue weighted by Gasteiger charge is -2.08. The molecule has 0 atom stereocenters. The van der Waals surface area contributed by atoms with E-state index >= 15 is 0 Å². The first-order valence-electron chi connectivity index (χ1n) is 5.23. The molecule has 2 aromatic rings. The lowest BCUT2D eigenvalue weighted by atomic mass is 10.0. The van der Waals surface area contributed by atoms with Gasteiger partial charge in [0.2, 0.25) is 0 Å². The molecule has 0 bridgehead atoms. The van der Waals surface area contributed by atoms with Gasteiger partial charge in [0.1, 0.15) is 11.9 Å². The van der Waals surface area contributed by atoms with Crippen LogP contribution in [0.1, 0.15) is 5.56 Å². The number of benzene rings is 2. The maximum Gasteiger partial charge on any atom is 0.161 e. The summed E-state index contributed by atoms with van der Waals surface area (Å²) in [5, 5.41) is 18.3. The normalized spacial score (nSPS) is 9.83. The molecule has 0 saturated heterocycles. The van der Waals surface area contributed by atoms with Crippen LogP contribution in [0.25, 0.3) is 11.1 Å². The van der Waals surface area contributed by atoms with Crippen LogP contribution in [0.2, 0.25) is 0 Å². The van der Waals surface area contributed by atoms with Crippen LogP contribution in [0.4, 0.5) is 4.39 Å². The van der Waals surface area contributed by atoms with E-state index in [-0.39, 0.29) is 17.1 Å². The quantitative estimate of drug-likeness (QED) is 0.881. The SMILES string of the molecule is COc1cc(-c2cccc(C#N)c2F)ccc1O. The summed E-state index contributed by atoms with van der Waals surface area (Å²) in [6.45, 7) is 0. The van der Waals surface area contributed by atoms with Crippen LogP contribution in [0.5, 0.6) is 11.5 Å². The van der Waals surface area contributed by atoms with Crippen molar-refractivity contribution in [3.63, 3.8) is 0 Å². The molecule has 0 radical (unpaired) electrons. The van der Waals surface area contributed by atoms with E-state index in [0.717, 1.165) is 0 Å². The Balaban J connectivity index is 2.59. The van der Waals surface area contributed by atoms with Crippen molar-refractivity contribution < 1.29 is 14.2 Å². The summed E-state index contributed by atoms with van der Waals surface area (Å²) in [6, 6.07) is 10.9. The first-order chi connectivity index (χ1) is 8.67. The fraction of sp³-hybridized carbons (Fsp3) is 0.0714. The molecule has 0 fully saturated rings. The predicted octanol–water partition coefficient (Wildman–Crippen LogP) is 3.08. The zero-order chi connectivity index (χ0) is 13.1. The Morgan fingerprint density at radius 3 is 2.72 bits per heavy atom. The van der Waals surface area contributed by atoms with E-state index in [1.807, 2.05) is 0 Å². The molecule has 2 aromatic carbocycles. The van der Waals surface area contributed by atoms with E-state index in [1.54, 1.807) is 24.3 Å². The van der Waals surface area contributed by atoms with Crippen LogP contribution in [-0.4, -0.2) is 12.2 Å². The van der Waals surface area contributed by atoms with Gasteiger partial charge in [-0.15, -0.1) is 0 Å². The Morgan fingerprint density at radius 1 is 1.28 bits per heavy atom. The van der Waals surface area contributed by atoms with Crippen LogP contribution in [0, 0.1) is 17.1 Å². The van der Waals surface area contributed by atoms with Crippen LogP contribution < -0.4 is 4.74 Å². The third-order valence-electron chi connectivity index (χ3n) is 2.61. The Kier molecular flexibility index (Phi) is 3.16. The molecule has 0 unspecified atom stereocenters. The number of hydrogen-bond donors (Lipinski definition) is 1. The van der Waals surface area contributed by atoms with Crippen LogP contribution in [-0.2, 0) is 0 Å². The second kappa shape index (κ2) is 4.76. The van der Waals surface area contributed by atoms with E-state index in [4.69, 9.17) is 10.00 Å². The third kappa shape index (κ3) is 1.98. The molecule has 18 heavy (non-hydrogen) atoms. The molecule has 0 aliphatic rings. The second-order valence-corrected chi connectivity index (χ2v) is 3.67. The van der Waals surface area contributed by atoms with Gasteiger partial charge in [-0.1, -0.05) is 18.2 Å². The number of hydrogen-bond acceptors (Lipinski definition) is 3. The molecule has 0 amide bonds. The molecule has 0 aliphatic heterocycles. The molecule has 0 heterocycles. The Hall–Kier alpha value is -2.54. The summed E-state index contributed by atoms with van der Waals surface area (Å²) in [5.41, 5.74) is 0.825. The molecule has 1 N–H and O–H groups in total. The molecule has 0 spiro atoms. The second-order valence-electron chi connectivity index (χ2n) is 3.67. The largest absolute Gasteiger partial charge is 0.504 e. The summed E-state index contributed by atoms with van der Waals surface area (Å²) < 4.78 is 18.9. The van der Waals surface area contributed by atoms with Crippen molar-refractivity contribution in [2.24, 2.45) is 0 Å². The van der Waals surface area contributed by atoms with Crippen molar-refractivity contribution in [2.75, 3.05) is 7.11 Å². The molecular formula is C14H10FNO2. The first kappa shape index (κ1) is 11.9. The van der Waals surface area contributed by atoms with Crippen LogP contribution in [0.15, 0.2) is 36.4 Å². The topological polar surface area (TPSA) is 53.2 Å². The van der Waals surface area contributed by atoms with Crippen molar-refractivity contribution in [1.29, 1.82) is 5.26 Å². The number of phenols is 1. The van der Waals surface area contributed by atoms with Gasteiger partial charge in [-0.05, 0) is 23.8 Å². The standard InChI is InChI=1S/C14H10FNO2/c1-18-13-7-9(5-6-12(13)17)11-4-2-3-10(8-16)14(11)15/h2-7,17H,1H3. The van der Waals surface area contributed by atoms with Crippen molar-refractivity contribution in [2.45, 2.75) is 0 Å². The van der Waals surface area contributed by atoms with Crippen LogP contribution in [0.3, 0.4) is 0 Å². The van der Waals surface area contributed by atoms with Gasteiger partial charge in [-0.25, -0.2) is 4.39 Å². The molecule has 0 aromatic heterocycles. The third-order valence-corrected chi connectivity index (χ3v) is 2.61. The molecule has 0 saturated carbocycles. The number of nitrogens with zero attached hydrogens (tertiary/aromatic N) is 1. The number of phenolic OH excluding ortho intramolecular Hbond substituents is 1. The van der Waals surface area contributed by atoms with Crippen molar-refractivity contribution >= 4 is 0 Å². The summed E-state index contributed by atoms with van der Waals surface area (Å²) in [5.74, 6) is -0.333. The summed E-state index contributed by atoms with van der Waals surface area (Å²) in [7, 11) is 1.42. The Bertz CT molecular complexity index is 632. The van der Waals surface area contributed by atoms with Gasteiger partial charge in [0.05, 0.1) is 12.7 Å². The lowest BCUT2D eigenvalue weighted by Crippen LogP contribution is -1.90. The van der Waals surface area contributed by atoms with Crippen LogP contribution >= 0.6 is 0 Å². The number of aromatic hydroxyl groups is 1. The average Bonchev–Trinajstić information content (AvgIpc) is 2.40. The van der Waals surface area contributed by atoms with Crippen molar-refractivity contribution in [1.82, 2.24) is 0 Å². The highest BCUT2D eigenvalue weighted by Gasteiger charge is 2.11. The minimum Gasteiger partial charge on any atom is -0.504 e. The number of methoxy groups -OCH3 is 1. The summed E-state index contributed by atoms with van der Waals surface area (Å²) in [4.78, 5) is 0. The van der Waals surface area contributed by atoms with Gasteiger partial charge in [-0.2, -0.15) is 5.26 Å². The molecule has 3 nitrogen and oxygen atoms in total. The number of rotatable bonds is 2. The Labute approximate surface area is 104 Å². The fourth-order valence-electron chi connectivity index (χ4n) is 1.69. The van der Waals surface area contributed by atoms with Gasteiger partial charge in [0.15, 0.2) is 11.5 Å². The monoisotopic (exact) mass is 243 g/mol. The summed E-state index contributed by atoms with van der Waals surface area (Å²) in [6.07, 6.45) is 0. The zero-order valence-corrected chi connectivity index (χ0v) is 9.64. The van der Waals surface area contributed by atoms with E-state index < -0.39 is 5.82 Å². The zero-order valence-electron chi connectivity index (χ0n) is 9.64. The number of ether oxygens (including phenoxy) is 1. The Morgan fingerprint density at radius 2 is 2.06 bits per heavy atom. The van der Waals surface area contributed by atoms with E-state index in [2.05, 4.69) is 0 Å². The molecule has 2 rings (SSSR count). The minimum atomic E-state index is -0.576. The predicted molar refractivity (Wildman–Crippen MR) is 64.8 cm³/mol.